The molecule has 2 aromatic rings. The number of nitrogens with zero attached hydrogens (tertiary/aromatic N) is 2. The van der Waals surface area contributed by atoms with Gasteiger partial charge in [-0.25, -0.2) is 4.63 Å². The Morgan fingerprint density at radius 1 is 1.30 bits per heavy atom. The van der Waals surface area contributed by atoms with Gasteiger partial charge in [0.2, 0.25) is 12.7 Å². The van der Waals surface area contributed by atoms with E-state index in [0.717, 1.165) is 5.56 Å². The first-order valence-electron chi connectivity index (χ1n) is 6.15. The van der Waals surface area contributed by atoms with Crippen LogP contribution in [0.2, 0.25) is 0 Å². The molecule has 1 amide bonds. The van der Waals surface area contributed by atoms with Gasteiger partial charge in [0.1, 0.15) is 11.4 Å². The Bertz CT molecular complexity index is 638. The summed E-state index contributed by atoms with van der Waals surface area (Å²) in [7, 11) is 0. The van der Waals surface area contributed by atoms with E-state index in [2.05, 4.69) is 20.3 Å². The average Bonchev–Trinajstić information content (AvgIpc) is 3.04. The van der Waals surface area contributed by atoms with Gasteiger partial charge < -0.3 is 14.8 Å². The van der Waals surface area contributed by atoms with E-state index in [1.54, 1.807) is 13.0 Å². The van der Waals surface area contributed by atoms with Crippen LogP contribution in [0.15, 0.2) is 22.8 Å². The van der Waals surface area contributed by atoms with Gasteiger partial charge in [-0.15, -0.1) is 0 Å². The van der Waals surface area contributed by atoms with Crippen molar-refractivity contribution >= 4 is 5.91 Å². The number of aryl methyl sites for hydroxylation is 1. The van der Waals surface area contributed by atoms with Gasteiger partial charge in [-0.05, 0) is 24.6 Å². The first kappa shape index (κ1) is 12.5. The molecular formula is C13H13N3O4. The van der Waals surface area contributed by atoms with Gasteiger partial charge in [-0.3, -0.25) is 4.79 Å². The van der Waals surface area contributed by atoms with E-state index < -0.39 is 0 Å². The van der Waals surface area contributed by atoms with Crippen molar-refractivity contribution < 1.29 is 18.9 Å². The predicted octanol–water partition coefficient (Wildman–Crippen LogP) is 0.966. The van der Waals surface area contributed by atoms with Gasteiger partial charge in [-0.1, -0.05) is 16.4 Å². The second kappa shape index (κ2) is 5.20. The molecule has 0 bridgehead atoms. The fourth-order valence-corrected chi connectivity index (χ4v) is 1.89. The van der Waals surface area contributed by atoms with Gasteiger partial charge in [-0.2, -0.15) is 0 Å². The van der Waals surface area contributed by atoms with Crippen LogP contribution in [0.25, 0.3) is 0 Å². The van der Waals surface area contributed by atoms with E-state index in [1.165, 1.54) is 0 Å². The highest BCUT2D eigenvalue weighted by atomic mass is 16.7. The molecular weight excluding hydrogens is 262 g/mol. The molecule has 20 heavy (non-hydrogen) atoms. The third-order valence-corrected chi connectivity index (χ3v) is 3.00. The Morgan fingerprint density at radius 2 is 2.15 bits per heavy atom. The van der Waals surface area contributed by atoms with Crippen molar-refractivity contribution in [3.05, 3.63) is 35.2 Å². The molecule has 0 radical (unpaired) electrons. The van der Waals surface area contributed by atoms with Crippen LogP contribution < -0.4 is 14.8 Å². The predicted molar refractivity (Wildman–Crippen MR) is 67.2 cm³/mol. The van der Waals surface area contributed by atoms with E-state index in [4.69, 9.17) is 9.47 Å². The molecule has 1 aliphatic heterocycles. The standard InChI is InChI=1S/C13H13N3O4/c1-8-10(16-20-15-8)6-14-13(17)5-9-2-3-11-12(4-9)19-7-18-11/h2-4H,5-7H2,1H3,(H,14,17). The van der Waals surface area contributed by atoms with Crippen molar-refractivity contribution in [3.63, 3.8) is 0 Å². The zero-order valence-electron chi connectivity index (χ0n) is 10.9. The van der Waals surface area contributed by atoms with Crippen LogP contribution in [0.3, 0.4) is 0 Å². The maximum absolute atomic E-state index is 11.9. The van der Waals surface area contributed by atoms with Gasteiger partial charge in [0, 0.05) is 0 Å². The topological polar surface area (TPSA) is 86.5 Å². The maximum Gasteiger partial charge on any atom is 0.231 e. The summed E-state index contributed by atoms with van der Waals surface area (Å²) in [4.78, 5) is 11.9. The van der Waals surface area contributed by atoms with E-state index >= 15 is 0 Å². The second-order valence-electron chi connectivity index (χ2n) is 4.44. The van der Waals surface area contributed by atoms with Crippen molar-refractivity contribution in [2.24, 2.45) is 0 Å². The van der Waals surface area contributed by atoms with Crippen LogP contribution in [0.4, 0.5) is 0 Å². The first-order chi connectivity index (χ1) is 9.72. The van der Waals surface area contributed by atoms with Crippen LogP contribution in [0, 0.1) is 6.92 Å². The van der Waals surface area contributed by atoms with Crippen molar-refractivity contribution in [2.75, 3.05) is 6.79 Å². The summed E-state index contributed by atoms with van der Waals surface area (Å²) >= 11 is 0. The highest BCUT2D eigenvalue weighted by Gasteiger charge is 2.14. The largest absolute Gasteiger partial charge is 0.454 e. The number of ether oxygens (including phenoxy) is 2. The number of carbonyl (C=O) groups is 1. The number of aromatic nitrogens is 2. The first-order valence-corrected chi connectivity index (χ1v) is 6.15. The lowest BCUT2D eigenvalue weighted by atomic mass is 10.1. The Kier molecular flexibility index (Phi) is 3.24. The molecule has 2 heterocycles. The molecule has 104 valence electrons. The maximum atomic E-state index is 11.9. The van der Waals surface area contributed by atoms with Crippen LogP contribution in [-0.2, 0) is 17.8 Å². The molecule has 0 atom stereocenters. The van der Waals surface area contributed by atoms with Crippen LogP contribution in [-0.4, -0.2) is 23.0 Å². The minimum absolute atomic E-state index is 0.105. The van der Waals surface area contributed by atoms with Gasteiger partial charge in [0.25, 0.3) is 0 Å². The number of rotatable bonds is 4. The molecule has 0 unspecified atom stereocenters. The molecule has 0 aliphatic carbocycles. The monoisotopic (exact) mass is 275 g/mol. The molecule has 0 saturated heterocycles. The molecule has 7 nitrogen and oxygen atoms in total. The zero-order valence-corrected chi connectivity index (χ0v) is 10.9. The smallest absolute Gasteiger partial charge is 0.231 e. The highest BCUT2D eigenvalue weighted by molar-refractivity contribution is 5.78. The SMILES string of the molecule is Cc1nonc1CNC(=O)Cc1ccc2c(c1)OCO2. The quantitative estimate of drug-likeness (QED) is 0.894. The van der Waals surface area contributed by atoms with Gasteiger partial charge in [0.05, 0.1) is 13.0 Å². The van der Waals surface area contributed by atoms with Crippen molar-refractivity contribution in [1.82, 2.24) is 15.6 Å². The highest BCUT2D eigenvalue weighted by Crippen LogP contribution is 2.32. The van der Waals surface area contributed by atoms with E-state index in [-0.39, 0.29) is 19.1 Å². The van der Waals surface area contributed by atoms with Crippen LogP contribution in [0.1, 0.15) is 17.0 Å². The number of carbonyl (C=O) groups excluding carboxylic acids is 1. The number of hydrogen-bond donors (Lipinski definition) is 1. The number of benzene rings is 1. The van der Waals surface area contributed by atoms with E-state index in [0.29, 0.717) is 29.4 Å². The third-order valence-electron chi connectivity index (χ3n) is 3.00. The van der Waals surface area contributed by atoms with E-state index in [9.17, 15) is 4.79 Å². The lowest BCUT2D eigenvalue weighted by Gasteiger charge is -2.04. The summed E-state index contributed by atoms with van der Waals surface area (Å²) in [5.41, 5.74) is 2.17. The lowest BCUT2D eigenvalue weighted by Crippen LogP contribution is -2.25. The fourth-order valence-electron chi connectivity index (χ4n) is 1.89. The van der Waals surface area contributed by atoms with Crippen molar-refractivity contribution in [2.45, 2.75) is 19.9 Å². The van der Waals surface area contributed by atoms with Gasteiger partial charge in [0.15, 0.2) is 11.5 Å². The zero-order chi connectivity index (χ0) is 13.9. The number of fused-ring (bicyclic) bond motifs is 1. The molecule has 7 heteroatoms. The summed E-state index contributed by atoms with van der Waals surface area (Å²) in [5, 5.41) is 10.1. The molecule has 1 N–H and O–H groups in total. The molecule has 1 aliphatic rings. The Labute approximate surface area is 114 Å². The Balaban J connectivity index is 1.58. The second-order valence-corrected chi connectivity index (χ2v) is 4.44. The summed E-state index contributed by atoms with van der Waals surface area (Å²) in [6, 6.07) is 5.46. The molecule has 1 aromatic heterocycles. The Morgan fingerprint density at radius 3 is 2.95 bits per heavy atom. The molecule has 3 rings (SSSR count). The minimum atomic E-state index is -0.105. The number of nitrogens with one attached hydrogen (secondary N) is 1. The van der Waals surface area contributed by atoms with Crippen LogP contribution >= 0.6 is 0 Å². The average molecular weight is 275 g/mol. The summed E-state index contributed by atoms with van der Waals surface area (Å²) in [6.45, 7) is 2.30. The molecule has 0 fully saturated rings. The van der Waals surface area contributed by atoms with Crippen molar-refractivity contribution in [1.29, 1.82) is 0 Å². The molecule has 0 spiro atoms. The minimum Gasteiger partial charge on any atom is -0.454 e. The fraction of sp³-hybridized carbons (Fsp3) is 0.308. The third kappa shape index (κ3) is 2.56. The molecule has 0 saturated carbocycles. The van der Waals surface area contributed by atoms with E-state index in [1.807, 2.05) is 12.1 Å². The number of hydrogen-bond acceptors (Lipinski definition) is 6. The van der Waals surface area contributed by atoms with Crippen molar-refractivity contribution in [3.8, 4) is 11.5 Å². The Hall–Kier alpha value is -2.57. The van der Waals surface area contributed by atoms with Gasteiger partial charge >= 0.3 is 0 Å². The lowest BCUT2D eigenvalue weighted by molar-refractivity contribution is -0.120. The number of amides is 1. The molecule has 1 aromatic carbocycles. The summed E-state index contributed by atoms with van der Waals surface area (Å²) in [6.07, 6.45) is 0.265. The summed E-state index contributed by atoms with van der Waals surface area (Å²) in [5.74, 6) is 1.27. The normalized spacial score (nSPS) is 12.4. The summed E-state index contributed by atoms with van der Waals surface area (Å²) < 4.78 is 15.1. The van der Waals surface area contributed by atoms with Crippen LogP contribution in [0.5, 0.6) is 11.5 Å².